The highest BCUT2D eigenvalue weighted by atomic mass is 35.5. The molecule has 0 spiro atoms. The Morgan fingerprint density at radius 1 is 1.24 bits per heavy atom. The molecule has 1 aliphatic rings. The summed E-state index contributed by atoms with van der Waals surface area (Å²) in [4.78, 5) is 21.2. The highest BCUT2D eigenvalue weighted by Gasteiger charge is 2.21. The topological polar surface area (TPSA) is 66.8 Å². The molecule has 0 bridgehead atoms. The van der Waals surface area contributed by atoms with Crippen molar-refractivity contribution in [2.45, 2.75) is 39.7 Å². The molecule has 1 atom stereocenters. The first-order valence-corrected chi connectivity index (χ1v) is 11.1. The Morgan fingerprint density at radius 3 is 2.93 bits per heavy atom. The molecule has 1 saturated heterocycles. The van der Waals surface area contributed by atoms with Gasteiger partial charge < -0.3 is 5.32 Å². The molecule has 0 radical (unpaired) electrons. The fourth-order valence-electron chi connectivity index (χ4n) is 3.77. The van der Waals surface area contributed by atoms with E-state index in [0.717, 1.165) is 54.0 Å². The largest absolute Gasteiger partial charge is 0.316 e. The molecule has 0 saturated carbocycles. The predicted octanol–water partition coefficient (Wildman–Crippen LogP) is 4.80. The van der Waals surface area contributed by atoms with Crippen molar-refractivity contribution < 1.29 is 0 Å². The minimum Gasteiger partial charge on any atom is -0.316 e. The van der Waals surface area contributed by atoms with Crippen molar-refractivity contribution in [1.82, 2.24) is 24.8 Å². The van der Waals surface area contributed by atoms with Gasteiger partial charge in [0.1, 0.15) is 17.3 Å². The van der Waals surface area contributed by atoms with Gasteiger partial charge in [-0.05, 0) is 51.6 Å². The van der Waals surface area contributed by atoms with Gasteiger partial charge in [-0.3, -0.25) is 4.90 Å². The van der Waals surface area contributed by atoms with Gasteiger partial charge in [0, 0.05) is 47.2 Å². The van der Waals surface area contributed by atoms with Gasteiger partial charge in [-0.25, -0.2) is 19.9 Å². The molecule has 0 amide bonds. The summed E-state index contributed by atoms with van der Waals surface area (Å²) >= 11 is 7.96. The summed E-state index contributed by atoms with van der Waals surface area (Å²) in [5.74, 6) is 1.38. The monoisotopic (exact) mass is 428 g/mol. The van der Waals surface area contributed by atoms with E-state index < -0.39 is 0 Å². The number of nitrogens with zero attached hydrogens (tertiary/aromatic N) is 5. The molecule has 29 heavy (non-hydrogen) atoms. The lowest BCUT2D eigenvalue weighted by atomic mass is 9.93. The zero-order chi connectivity index (χ0) is 20.2. The second-order valence-corrected chi connectivity index (χ2v) is 9.24. The standard InChI is InChI=1S/C21H25ClN6S/c1-14-5-6-17(20(22)26-14)12-28-7-3-4-16(11-28)8-18-9-19(25-13-24-18)27-21-23-10-15(2)29-21/h5-6,9-10,13,16H,3-4,7-8,11-12H2,1-2H3,(H,23,24,25,27). The van der Waals surface area contributed by atoms with E-state index in [0.29, 0.717) is 11.1 Å². The van der Waals surface area contributed by atoms with Crippen LogP contribution in [-0.2, 0) is 13.0 Å². The Hall–Kier alpha value is -2.09. The smallest absolute Gasteiger partial charge is 0.188 e. The van der Waals surface area contributed by atoms with Crippen LogP contribution in [0.2, 0.25) is 5.15 Å². The van der Waals surface area contributed by atoms with Crippen molar-refractivity contribution >= 4 is 33.9 Å². The predicted molar refractivity (Wildman–Crippen MR) is 118 cm³/mol. The third kappa shape index (κ3) is 5.50. The summed E-state index contributed by atoms with van der Waals surface area (Å²) in [6.07, 6.45) is 6.85. The Labute approximate surface area is 180 Å². The molecule has 1 N–H and O–H groups in total. The molecule has 0 aliphatic carbocycles. The number of aryl methyl sites for hydroxylation is 2. The maximum Gasteiger partial charge on any atom is 0.188 e. The average Bonchev–Trinajstić information content (AvgIpc) is 3.09. The van der Waals surface area contributed by atoms with Crippen molar-refractivity contribution in [3.63, 3.8) is 0 Å². The van der Waals surface area contributed by atoms with Gasteiger partial charge in [0.05, 0.1) is 0 Å². The zero-order valence-corrected chi connectivity index (χ0v) is 18.3. The summed E-state index contributed by atoms with van der Waals surface area (Å²) in [6, 6.07) is 6.16. The summed E-state index contributed by atoms with van der Waals surface area (Å²) < 4.78 is 0. The molecule has 3 aromatic heterocycles. The number of thiazole rings is 1. The van der Waals surface area contributed by atoms with Crippen LogP contribution in [0.1, 0.15) is 34.7 Å². The van der Waals surface area contributed by atoms with Crippen LogP contribution in [-0.4, -0.2) is 37.9 Å². The number of piperidine rings is 1. The fraction of sp³-hybridized carbons (Fsp3) is 0.429. The number of nitrogens with one attached hydrogen (secondary N) is 1. The molecule has 6 nitrogen and oxygen atoms in total. The van der Waals surface area contributed by atoms with E-state index in [1.165, 1.54) is 17.7 Å². The number of hydrogen-bond donors (Lipinski definition) is 1. The highest BCUT2D eigenvalue weighted by molar-refractivity contribution is 7.15. The van der Waals surface area contributed by atoms with Gasteiger partial charge in [0.25, 0.3) is 0 Å². The minimum atomic E-state index is 0.575. The molecular weight excluding hydrogens is 404 g/mol. The Bertz CT molecular complexity index is 975. The van der Waals surface area contributed by atoms with Crippen molar-refractivity contribution in [2.24, 2.45) is 5.92 Å². The summed E-state index contributed by atoms with van der Waals surface area (Å²) in [7, 11) is 0. The second kappa shape index (κ2) is 9.15. The first kappa shape index (κ1) is 20.2. The van der Waals surface area contributed by atoms with Crippen LogP contribution in [0.25, 0.3) is 0 Å². The molecule has 8 heteroatoms. The lowest BCUT2D eigenvalue weighted by Crippen LogP contribution is -2.36. The van der Waals surface area contributed by atoms with E-state index in [9.17, 15) is 0 Å². The van der Waals surface area contributed by atoms with Crippen molar-refractivity contribution in [1.29, 1.82) is 0 Å². The minimum absolute atomic E-state index is 0.575. The van der Waals surface area contributed by atoms with E-state index in [-0.39, 0.29) is 0 Å². The van der Waals surface area contributed by atoms with Crippen LogP contribution in [0.5, 0.6) is 0 Å². The third-order valence-electron chi connectivity index (χ3n) is 5.14. The van der Waals surface area contributed by atoms with Gasteiger partial charge in [-0.15, -0.1) is 11.3 Å². The first-order chi connectivity index (χ1) is 14.0. The number of aromatic nitrogens is 4. The number of halogens is 1. The van der Waals surface area contributed by atoms with Crippen molar-refractivity contribution in [2.75, 3.05) is 18.4 Å². The van der Waals surface area contributed by atoms with E-state index >= 15 is 0 Å². The van der Waals surface area contributed by atoms with E-state index in [1.54, 1.807) is 17.7 Å². The molecule has 0 aromatic carbocycles. The maximum absolute atomic E-state index is 6.33. The SMILES string of the molecule is Cc1ccc(CN2CCCC(Cc3cc(Nc4ncc(C)s4)ncn3)C2)c(Cl)n1. The van der Waals surface area contributed by atoms with Crippen LogP contribution in [0.4, 0.5) is 10.9 Å². The van der Waals surface area contributed by atoms with Crippen LogP contribution in [0.3, 0.4) is 0 Å². The number of anilines is 2. The quantitative estimate of drug-likeness (QED) is 0.569. The van der Waals surface area contributed by atoms with Gasteiger partial charge in [-0.1, -0.05) is 17.7 Å². The summed E-state index contributed by atoms with van der Waals surface area (Å²) in [6.45, 7) is 7.00. The number of likely N-dealkylation sites (tertiary alicyclic amines) is 1. The van der Waals surface area contributed by atoms with Gasteiger partial charge in [0.15, 0.2) is 5.13 Å². The van der Waals surface area contributed by atoms with E-state index in [1.807, 2.05) is 32.2 Å². The second-order valence-electron chi connectivity index (χ2n) is 7.65. The van der Waals surface area contributed by atoms with Crippen molar-refractivity contribution in [3.05, 3.63) is 57.7 Å². The molecule has 1 unspecified atom stereocenters. The van der Waals surface area contributed by atoms with Gasteiger partial charge in [0.2, 0.25) is 0 Å². The third-order valence-corrected chi connectivity index (χ3v) is 6.30. The number of rotatable bonds is 6. The molecular formula is C21H25ClN6S. The number of hydrogen-bond acceptors (Lipinski definition) is 7. The van der Waals surface area contributed by atoms with Crippen LogP contribution in [0.15, 0.2) is 30.7 Å². The summed E-state index contributed by atoms with van der Waals surface area (Å²) in [5, 5.41) is 4.76. The molecule has 152 valence electrons. The first-order valence-electron chi connectivity index (χ1n) is 9.90. The van der Waals surface area contributed by atoms with Crippen LogP contribution < -0.4 is 5.32 Å². The molecule has 1 fully saturated rings. The Balaban J connectivity index is 1.37. The fourth-order valence-corrected chi connectivity index (χ4v) is 4.70. The average molecular weight is 429 g/mol. The number of pyridine rings is 1. The zero-order valence-electron chi connectivity index (χ0n) is 16.7. The van der Waals surface area contributed by atoms with E-state index in [2.05, 4.69) is 36.2 Å². The Kier molecular flexibility index (Phi) is 6.37. The van der Waals surface area contributed by atoms with Gasteiger partial charge in [-0.2, -0.15) is 0 Å². The van der Waals surface area contributed by atoms with Crippen LogP contribution >= 0.6 is 22.9 Å². The summed E-state index contributed by atoms with van der Waals surface area (Å²) in [5.41, 5.74) is 3.12. The van der Waals surface area contributed by atoms with E-state index in [4.69, 9.17) is 11.6 Å². The molecule has 4 rings (SSSR count). The lowest BCUT2D eigenvalue weighted by molar-refractivity contribution is 0.166. The molecule has 3 aromatic rings. The lowest BCUT2D eigenvalue weighted by Gasteiger charge is -2.32. The highest BCUT2D eigenvalue weighted by Crippen LogP contribution is 2.25. The maximum atomic E-state index is 6.33. The van der Waals surface area contributed by atoms with Crippen molar-refractivity contribution in [3.8, 4) is 0 Å². The normalized spacial score (nSPS) is 17.4. The molecule has 1 aliphatic heterocycles. The van der Waals surface area contributed by atoms with Gasteiger partial charge >= 0.3 is 0 Å². The van der Waals surface area contributed by atoms with Crippen LogP contribution in [0, 0.1) is 19.8 Å². The molecule has 4 heterocycles. The Morgan fingerprint density at radius 2 is 2.14 bits per heavy atom.